The van der Waals surface area contributed by atoms with E-state index in [2.05, 4.69) is 26.3 Å². The first kappa shape index (κ1) is 14.6. The average Bonchev–Trinajstić information content (AvgIpc) is 3.37. The van der Waals surface area contributed by atoms with Crippen LogP contribution in [0.4, 0.5) is 5.82 Å². The van der Waals surface area contributed by atoms with Crippen LogP contribution in [-0.2, 0) is 6.54 Å². The number of hydrogen-bond donors (Lipinski definition) is 1. The minimum Gasteiger partial charge on any atom is -0.457 e. The normalized spacial score (nSPS) is 11.4. The minimum atomic E-state index is 0.564. The molecule has 0 aliphatic rings. The van der Waals surface area contributed by atoms with Gasteiger partial charge in [-0.1, -0.05) is 12.1 Å². The number of benzene rings is 1. The molecule has 0 unspecified atom stereocenters. The molecule has 0 atom stereocenters. The van der Waals surface area contributed by atoms with Crippen LogP contribution in [0.5, 0.6) is 0 Å². The second-order valence-corrected chi connectivity index (χ2v) is 7.41. The lowest BCUT2D eigenvalue weighted by Gasteiger charge is -2.03. The summed E-state index contributed by atoms with van der Waals surface area (Å²) in [6.45, 7) is 0.564. The van der Waals surface area contributed by atoms with Gasteiger partial charge < -0.3 is 9.73 Å². The summed E-state index contributed by atoms with van der Waals surface area (Å²) in [5, 5.41) is 6.24. The highest BCUT2D eigenvalue weighted by Gasteiger charge is 2.11. The van der Waals surface area contributed by atoms with Gasteiger partial charge in [0.2, 0.25) is 0 Å². The molecule has 0 bridgehead atoms. The molecule has 7 heteroatoms. The van der Waals surface area contributed by atoms with Crippen molar-refractivity contribution >= 4 is 48.9 Å². The first-order valence-corrected chi connectivity index (χ1v) is 9.43. The number of fused-ring (bicyclic) bond motifs is 2. The van der Waals surface area contributed by atoms with E-state index >= 15 is 0 Å². The van der Waals surface area contributed by atoms with E-state index in [1.165, 1.54) is 0 Å². The number of rotatable bonds is 4. The summed E-state index contributed by atoms with van der Waals surface area (Å²) >= 11 is 3.26. The van der Waals surface area contributed by atoms with Crippen molar-refractivity contribution in [1.82, 2.24) is 15.0 Å². The van der Waals surface area contributed by atoms with Crippen LogP contribution < -0.4 is 5.32 Å². The number of thiophene rings is 1. The molecule has 4 heterocycles. The third-order valence-electron chi connectivity index (χ3n) is 3.84. The molecular formula is C18H12N4OS2. The Labute approximate surface area is 151 Å². The SMILES string of the molecule is c1ccc2sc(-c3ccc(CNc4ncnc5ccsc45)o3)nc2c1. The summed E-state index contributed by atoms with van der Waals surface area (Å²) in [4.78, 5) is 13.2. The number of aromatic nitrogens is 3. The van der Waals surface area contributed by atoms with E-state index in [0.29, 0.717) is 6.54 Å². The largest absolute Gasteiger partial charge is 0.457 e. The molecule has 0 aliphatic heterocycles. The van der Waals surface area contributed by atoms with Crippen LogP contribution in [0.3, 0.4) is 0 Å². The molecule has 0 aliphatic carbocycles. The zero-order valence-electron chi connectivity index (χ0n) is 13.0. The first-order chi connectivity index (χ1) is 12.4. The highest BCUT2D eigenvalue weighted by molar-refractivity contribution is 7.21. The predicted molar refractivity (Wildman–Crippen MR) is 102 cm³/mol. The van der Waals surface area contributed by atoms with Gasteiger partial charge in [-0.2, -0.15) is 0 Å². The second kappa shape index (κ2) is 5.94. The van der Waals surface area contributed by atoms with E-state index in [1.54, 1.807) is 29.0 Å². The van der Waals surface area contributed by atoms with Gasteiger partial charge >= 0.3 is 0 Å². The molecule has 122 valence electrons. The molecule has 0 saturated heterocycles. The Balaban J connectivity index is 1.38. The number of nitrogens with zero attached hydrogens (tertiary/aromatic N) is 3. The number of furan rings is 1. The summed E-state index contributed by atoms with van der Waals surface area (Å²) < 4.78 is 8.18. The quantitative estimate of drug-likeness (QED) is 0.476. The number of anilines is 1. The lowest BCUT2D eigenvalue weighted by Crippen LogP contribution is -2.00. The fraction of sp³-hybridized carbons (Fsp3) is 0.0556. The van der Waals surface area contributed by atoms with E-state index in [0.717, 1.165) is 42.8 Å². The van der Waals surface area contributed by atoms with Crippen molar-refractivity contribution in [3.8, 4) is 10.8 Å². The smallest absolute Gasteiger partial charge is 0.163 e. The molecule has 4 aromatic heterocycles. The van der Waals surface area contributed by atoms with E-state index < -0.39 is 0 Å². The molecule has 1 N–H and O–H groups in total. The van der Waals surface area contributed by atoms with E-state index in [-0.39, 0.29) is 0 Å². The van der Waals surface area contributed by atoms with Crippen LogP contribution in [-0.4, -0.2) is 15.0 Å². The Morgan fingerprint density at radius 2 is 1.96 bits per heavy atom. The molecule has 5 rings (SSSR count). The van der Waals surface area contributed by atoms with Crippen LogP contribution in [0, 0.1) is 0 Å². The van der Waals surface area contributed by atoms with Crippen molar-refractivity contribution in [2.45, 2.75) is 6.54 Å². The molecule has 1 aromatic carbocycles. The Kier molecular flexibility index (Phi) is 3.46. The van der Waals surface area contributed by atoms with E-state index in [1.807, 2.05) is 41.8 Å². The van der Waals surface area contributed by atoms with Gasteiger partial charge in [-0.15, -0.1) is 22.7 Å². The second-order valence-electron chi connectivity index (χ2n) is 5.46. The van der Waals surface area contributed by atoms with Gasteiger partial charge in [-0.3, -0.25) is 0 Å². The van der Waals surface area contributed by atoms with Gasteiger partial charge in [0.1, 0.15) is 17.9 Å². The molecule has 0 radical (unpaired) electrons. The van der Waals surface area contributed by atoms with Crippen molar-refractivity contribution in [1.29, 1.82) is 0 Å². The summed E-state index contributed by atoms with van der Waals surface area (Å²) in [6.07, 6.45) is 1.58. The van der Waals surface area contributed by atoms with Gasteiger partial charge in [0.15, 0.2) is 10.8 Å². The number of hydrogen-bond acceptors (Lipinski definition) is 7. The van der Waals surface area contributed by atoms with Gasteiger partial charge in [-0.05, 0) is 35.7 Å². The maximum atomic E-state index is 5.96. The molecule has 0 fully saturated rings. The Hall–Kier alpha value is -2.77. The fourth-order valence-corrected chi connectivity index (χ4v) is 4.39. The van der Waals surface area contributed by atoms with Crippen LogP contribution in [0.2, 0.25) is 0 Å². The standard InChI is InChI=1S/C18H12N4OS2/c1-2-4-15-12(3-1)22-18(25-15)14-6-5-11(23-14)9-19-17-16-13(7-8-24-16)20-10-21-17/h1-8,10H,9H2,(H,19,20,21). The molecule has 0 amide bonds. The maximum Gasteiger partial charge on any atom is 0.163 e. The number of para-hydroxylation sites is 1. The van der Waals surface area contributed by atoms with Crippen LogP contribution in [0.15, 0.2) is 58.6 Å². The number of nitrogens with one attached hydrogen (secondary N) is 1. The highest BCUT2D eigenvalue weighted by atomic mass is 32.1. The molecule has 0 spiro atoms. The third kappa shape index (κ3) is 2.67. The minimum absolute atomic E-state index is 0.564. The summed E-state index contributed by atoms with van der Waals surface area (Å²) in [5.74, 6) is 2.47. The topological polar surface area (TPSA) is 63.8 Å². The lowest BCUT2D eigenvalue weighted by molar-refractivity contribution is 0.531. The predicted octanol–water partition coefficient (Wildman–Crippen LogP) is 5.17. The summed E-state index contributed by atoms with van der Waals surface area (Å²) in [5.41, 5.74) is 1.96. The van der Waals surface area contributed by atoms with Crippen molar-refractivity contribution in [2.24, 2.45) is 0 Å². The Bertz CT molecular complexity index is 1140. The molecule has 5 nitrogen and oxygen atoms in total. The molecule has 5 aromatic rings. The van der Waals surface area contributed by atoms with Crippen LogP contribution in [0.25, 0.3) is 31.2 Å². The van der Waals surface area contributed by atoms with Crippen molar-refractivity contribution in [3.05, 3.63) is 59.9 Å². The Morgan fingerprint density at radius 1 is 1.00 bits per heavy atom. The summed E-state index contributed by atoms with van der Waals surface area (Å²) in [7, 11) is 0. The van der Waals surface area contributed by atoms with Crippen molar-refractivity contribution < 1.29 is 4.42 Å². The van der Waals surface area contributed by atoms with E-state index in [9.17, 15) is 0 Å². The summed E-state index contributed by atoms with van der Waals surface area (Å²) in [6, 6.07) is 14.0. The zero-order valence-corrected chi connectivity index (χ0v) is 14.6. The maximum absolute atomic E-state index is 5.96. The number of thiazole rings is 1. The van der Waals surface area contributed by atoms with E-state index in [4.69, 9.17) is 4.42 Å². The van der Waals surface area contributed by atoms with Crippen molar-refractivity contribution in [2.75, 3.05) is 5.32 Å². The fourth-order valence-electron chi connectivity index (χ4n) is 2.65. The van der Waals surface area contributed by atoms with Crippen LogP contribution >= 0.6 is 22.7 Å². The zero-order chi connectivity index (χ0) is 16.6. The van der Waals surface area contributed by atoms with Crippen molar-refractivity contribution in [3.63, 3.8) is 0 Å². The Morgan fingerprint density at radius 3 is 2.92 bits per heavy atom. The third-order valence-corrected chi connectivity index (χ3v) is 5.80. The van der Waals surface area contributed by atoms with Gasteiger partial charge in [0.05, 0.1) is 27.0 Å². The monoisotopic (exact) mass is 364 g/mol. The van der Waals surface area contributed by atoms with Gasteiger partial charge in [0, 0.05) is 0 Å². The van der Waals surface area contributed by atoms with Crippen LogP contribution in [0.1, 0.15) is 5.76 Å². The molecule has 0 saturated carbocycles. The molecule has 25 heavy (non-hydrogen) atoms. The molecular weight excluding hydrogens is 352 g/mol. The van der Waals surface area contributed by atoms with Gasteiger partial charge in [-0.25, -0.2) is 15.0 Å². The highest BCUT2D eigenvalue weighted by Crippen LogP contribution is 2.31. The van der Waals surface area contributed by atoms with Gasteiger partial charge in [0.25, 0.3) is 0 Å². The average molecular weight is 364 g/mol. The first-order valence-electron chi connectivity index (χ1n) is 7.73. The lowest BCUT2D eigenvalue weighted by atomic mass is 10.3.